The number of rotatable bonds is 4. The van der Waals surface area contributed by atoms with Crippen LogP contribution in [0.2, 0.25) is 0 Å². The van der Waals surface area contributed by atoms with Crippen LogP contribution < -0.4 is 16.0 Å². The van der Waals surface area contributed by atoms with Gasteiger partial charge in [0.1, 0.15) is 5.54 Å². The zero-order valence-electron chi connectivity index (χ0n) is 17.3. The molecule has 1 aromatic carbocycles. The molecule has 0 spiro atoms. The lowest BCUT2D eigenvalue weighted by molar-refractivity contribution is -0.129. The van der Waals surface area contributed by atoms with Crippen molar-refractivity contribution in [3.05, 3.63) is 29.3 Å². The number of hydrogen-bond acceptors (Lipinski definition) is 4. The zero-order chi connectivity index (χ0) is 19.7. The van der Waals surface area contributed by atoms with Gasteiger partial charge in [-0.3, -0.25) is 4.79 Å². The third-order valence-corrected chi connectivity index (χ3v) is 7.39. The van der Waals surface area contributed by atoms with E-state index in [1.54, 1.807) is 0 Å². The van der Waals surface area contributed by atoms with Crippen molar-refractivity contribution in [1.82, 2.24) is 10.6 Å². The molecule has 5 heteroatoms. The number of amides is 1. The molecule has 4 rings (SSSR count). The standard InChI is InChI=1S/C23H35N3O2/c1-15-6-7-19(10-16(15)2)26-23(8-4-3-5-9-23)22(28)25-20-11-17-13-24-14-18(17)12-21(20)27/h6-7,10,17-18,20-21,24,26-27H,3-5,8-9,11-14H2,1-2H3,(H,25,28)/t17-,18+,20-,21-/m0/s1. The Hall–Kier alpha value is -1.59. The monoisotopic (exact) mass is 385 g/mol. The van der Waals surface area contributed by atoms with Crippen LogP contribution in [0.5, 0.6) is 0 Å². The van der Waals surface area contributed by atoms with E-state index in [9.17, 15) is 9.90 Å². The van der Waals surface area contributed by atoms with Crippen LogP contribution in [-0.2, 0) is 4.79 Å². The van der Waals surface area contributed by atoms with E-state index < -0.39 is 11.6 Å². The van der Waals surface area contributed by atoms with Gasteiger partial charge in [-0.25, -0.2) is 0 Å². The molecule has 1 saturated heterocycles. The first kappa shape index (κ1) is 19.7. The van der Waals surface area contributed by atoms with Gasteiger partial charge in [0.05, 0.1) is 12.1 Å². The van der Waals surface area contributed by atoms with Crippen LogP contribution >= 0.6 is 0 Å². The van der Waals surface area contributed by atoms with E-state index in [0.717, 1.165) is 57.3 Å². The molecular formula is C23H35N3O2. The molecule has 2 aliphatic carbocycles. The average molecular weight is 386 g/mol. The minimum absolute atomic E-state index is 0.0684. The number of fused-ring (bicyclic) bond motifs is 1. The van der Waals surface area contributed by atoms with Gasteiger partial charge < -0.3 is 21.1 Å². The number of nitrogens with one attached hydrogen (secondary N) is 3. The first-order chi connectivity index (χ1) is 13.5. The highest BCUT2D eigenvalue weighted by molar-refractivity contribution is 5.90. The molecule has 0 bridgehead atoms. The highest BCUT2D eigenvalue weighted by Gasteiger charge is 2.44. The average Bonchev–Trinajstić information content (AvgIpc) is 3.13. The minimum Gasteiger partial charge on any atom is -0.391 e. The van der Waals surface area contributed by atoms with Gasteiger partial charge in [-0.15, -0.1) is 0 Å². The molecule has 3 fully saturated rings. The first-order valence-electron chi connectivity index (χ1n) is 11.0. The van der Waals surface area contributed by atoms with Crippen molar-refractivity contribution in [2.45, 2.75) is 76.5 Å². The third kappa shape index (κ3) is 3.92. The lowest BCUT2D eigenvalue weighted by Gasteiger charge is -2.41. The Kier molecular flexibility index (Phi) is 5.66. The van der Waals surface area contributed by atoms with Gasteiger partial charge in [-0.2, -0.15) is 0 Å². The number of aliphatic hydroxyl groups is 1. The second-order valence-corrected chi connectivity index (χ2v) is 9.36. The Labute approximate surface area is 168 Å². The van der Waals surface area contributed by atoms with E-state index in [-0.39, 0.29) is 11.9 Å². The van der Waals surface area contributed by atoms with Crippen LogP contribution in [0, 0.1) is 25.7 Å². The van der Waals surface area contributed by atoms with Crippen LogP contribution in [0.1, 0.15) is 56.1 Å². The molecule has 5 nitrogen and oxygen atoms in total. The summed E-state index contributed by atoms with van der Waals surface area (Å²) >= 11 is 0. The zero-order valence-corrected chi connectivity index (χ0v) is 17.3. The largest absolute Gasteiger partial charge is 0.391 e. The topological polar surface area (TPSA) is 73.4 Å². The summed E-state index contributed by atoms with van der Waals surface area (Å²) in [6.45, 7) is 6.23. The van der Waals surface area contributed by atoms with Crippen molar-refractivity contribution in [3.8, 4) is 0 Å². The number of carbonyl (C=O) groups is 1. The van der Waals surface area contributed by atoms with Gasteiger partial charge in [0.25, 0.3) is 0 Å². The van der Waals surface area contributed by atoms with Gasteiger partial charge >= 0.3 is 0 Å². The molecule has 0 aromatic heterocycles. The van der Waals surface area contributed by atoms with Gasteiger partial charge in [-0.05, 0) is 87.7 Å². The Morgan fingerprint density at radius 3 is 2.50 bits per heavy atom. The molecule has 4 atom stereocenters. The van der Waals surface area contributed by atoms with Gasteiger partial charge in [0, 0.05) is 5.69 Å². The highest BCUT2D eigenvalue weighted by atomic mass is 16.3. The fourth-order valence-electron chi connectivity index (χ4n) is 5.42. The van der Waals surface area contributed by atoms with Crippen molar-refractivity contribution in [3.63, 3.8) is 0 Å². The Morgan fingerprint density at radius 1 is 1.07 bits per heavy atom. The minimum atomic E-state index is -0.565. The summed E-state index contributed by atoms with van der Waals surface area (Å²) in [5.74, 6) is 1.20. The van der Waals surface area contributed by atoms with Crippen LogP contribution in [0.15, 0.2) is 18.2 Å². The molecule has 1 aromatic rings. The quantitative estimate of drug-likeness (QED) is 0.643. The number of anilines is 1. The normalized spacial score (nSPS) is 31.8. The SMILES string of the molecule is Cc1ccc(NC2(C(=O)N[C@H]3C[C@H]4CNC[C@H]4C[C@@H]3O)CCCCC2)cc1C. The molecule has 28 heavy (non-hydrogen) atoms. The predicted octanol–water partition coefficient (Wildman–Crippen LogP) is 2.89. The molecule has 0 unspecified atom stereocenters. The number of hydrogen-bond donors (Lipinski definition) is 4. The van der Waals surface area contributed by atoms with Crippen LogP contribution in [0.25, 0.3) is 0 Å². The molecule has 154 valence electrons. The number of aliphatic hydroxyl groups excluding tert-OH is 1. The summed E-state index contributed by atoms with van der Waals surface area (Å²) in [5, 5.41) is 20.9. The van der Waals surface area contributed by atoms with Gasteiger partial charge in [0.2, 0.25) is 5.91 Å². The summed E-state index contributed by atoms with van der Waals surface area (Å²) in [6.07, 6.45) is 6.24. The van der Waals surface area contributed by atoms with E-state index in [1.165, 1.54) is 17.5 Å². The lowest BCUT2D eigenvalue weighted by atomic mass is 9.76. The summed E-state index contributed by atoms with van der Waals surface area (Å²) in [6, 6.07) is 6.21. The Balaban J connectivity index is 1.50. The summed E-state index contributed by atoms with van der Waals surface area (Å²) in [5.41, 5.74) is 2.95. The van der Waals surface area contributed by atoms with E-state index >= 15 is 0 Å². The number of carbonyl (C=O) groups excluding carboxylic acids is 1. The molecule has 4 N–H and O–H groups in total. The van der Waals surface area contributed by atoms with Crippen molar-refractivity contribution in [1.29, 1.82) is 0 Å². The maximum Gasteiger partial charge on any atom is 0.245 e. The Bertz CT molecular complexity index is 714. The van der Waals surface area contributed by atoms with Crippen molar-refractivity contribution in [2.75, 3.05) is 18.4 Å². The second-order valence-electron chi connectivity index (χ2n) is 9.36. The van der Waals surface area contributed by atoms with Crippen LogP contribution in [0.3, 0.4) is 0 Å². The van der Waals surface area contributed by atoms with E-state index in [0.29, 0.717) is 11.8 Å². The van der Waals surface area contributed by atoms with E-state index in [4.69, 9.17) is 0 Å². The molecule has 3 aliphatic rings. The predicted molar refractivity (Wildman–Crippen MR) is 112 cm³/mol. The van der Waals surface area contributed by atoms with Gasteiger partial charge in [-0.1, -0.05) is 25.3 Å². The maximum absolute atomic E-state index is 13.5. The lowest BCUT2D eigenvalue weighted by Crippen LogP contribution is -2.59. The number of benzene rings is 1. The summed E-state index contributed by atoms with van der Waals surface area (Å²) in [4.78, 5) is 13.5. The second kappa shape index (κ2) is 8.03. The summed E-state index contributed by atoms with van der Waals surface area (Å²) < 4.78 is 0. The van der Waals surface area contributed by atoms with Crippen LogP contribution in [0.4, 0.5) is 5.69 Å². The molecule has 0 radical (unpaired) electrons. The Morgan fingerprint density at radius 2 is 1.79 bits per heavy atom. The van der Waals surface area contributed by atoms with E-state index in [1.807, 2.05) is 0 Å². The molecule has 1 amide bonds. The molecule has 1 aliphatic heterocycles. The molecule has 2 saturated carbocycles. The van der Waals surface area contributed by atoms with Crippen molar-refractivity contribution in [2.24, 2.45) is 11.8 Å². The first-order valence-corrected chi connectivity index (χ1v) is 11.0. The highest BCUT2D eigenvalue weighted by Crippen LogP contribution is 2.36. The fraction of sp³-hybridized carbons (Fsp3) is 0.696. The fourth-order valence-corrected chi connectivity index (χ4v) is 5.42. The van der Waals surface area contributed by atoms with Crippen molar-refractivity contribution >= 4 is 11.6 Å². The summed E-state index contributed by atoms with van der Waals surface area (Å²) in [7, 11) is 0. The molecule has 1 heterocycles. The van der Waals surface area contributed by atoms with Gasteiger partial charge in [0.15, 0.2) is 0 Å². The van der Waals surface area contributed by atoms with E-state index in [2.05, 4.69) is 48.0 Å². The smallest absolute Gasteiger partial charge is 0.245 e. The van der Waals surface area contributed by atoms with Crippen LogP contribution in [-0.4, -0.2) is 41.8 Å². The van der Waals surface area contributed by atoms with Crippen molar-refractivity contribution < 1.29 is 9.90 Å². The molecular weight excluding hydrogens is 350 g/mol. The third-order valence-electron chi connectivity index (χ3n) is 7.39. The maximum atomic E-state index is 13.5. The number of aryl methyl sites for hydroxylation is 2.